The third-order valence-corrected chi connectivity index (χ3v) is 3.14. The van der Waals surface area contributed by atoms with Crippen LogP contribution in [0, 0.1) is 12.8 Å². The van der Waals surface area contributed by atoms with Crippen LogP contribution in [0.5, 0.6) is 0 Å². The summed E-state index contributed by atoms with van der Waals surface area (Å²) in [5, 5.41) is 9.41. The van der Waals surface area contributed by atoms with Crippen LogP contribution in [0.25, 0.3) is 0 Å². The summed E-state index contributed by atoms with van der Waals surface area (Å²) in [5.74, 6) is -1.71. The zero-order chi connectivity index (χ0) is 13.9. The van der Waals surface area contributed by atoms with E-state index < -0.39 is 11.9 Å². The lowest BCUT2D eigenvalue weighted by molar-refractivity contribution is -0.141. The average Bonchev–Trinajstić information content (AvgIpc) is 2.31. The highest BCUT2D eigenvalue weighted by atomic mass is 35.5. The maximum absolute atomic E-state index is 12.1. The summed E-state index contributed by atoms with van der Waals surface area (Å²) < 4.78 is 0. The van der Waals surface area contributed by atoms with Crippen molar-refractivity contribution >= 4 is 23.5 Å². The Labute approximate surface area is 111 Å². The van der Waals surface area contributed by atoms with E-state index in [1.807, 2.05) is 6.92 Å². The van der Waals surface area contributed by atoms with Crippen molar-refractivity contribution in [2.45, 2.75) is 13.8 Å². The highest BCUT2D eigenvalue weighted by Crippen LogP contribution is 2.17. The van der Waals surface area contributed by atoms with E-state index in [4.69, 9.17) is 16.7 Å². The molecule has 0 spiro atoms. The van der Waals surface area contributed by atoms with Gasteiger partial charge in [0.1, 0.15) is 0 Å². The van der Waals surface area contributed by atoms with Crippen molar-refractivity contribution in [3.63, 3.8) is 0 Å². The number of aliphatic carboxylic acids is 1. The first-order chi connectivity index (χ1) is 8.32. The molecule has 0 fully saturated rings. The second-order valence-corrected chi connectivity index (χ2v) is 4.80. The molecule has 1 unspecified atom stereocenters. The van der Waals surface area contributed by atoms with E-state index in [2.05, 4.69) is 0 Å². The summed E-state index contributed by atoms with van der Waals surface area (Å²) in [7, 11) is 1.59. The molecule has 0 aliphatic carbocycles. The molecule has 1 rings (SSSR count). The van der Waals surface area contributed by atoms with Gasteiger partial charge in [-0.1, -0.05) is 18.5 Å². The van der Waals surface area contributed by atoms with Crippen molar-refractivity contribution in [3.8, 4) is 0 Å². The first-order valence-corrected chi connectivity index (χ1v) is 5.95. The summed E-state index contributed by atoms with van der Waals surface area (Å²) >= 11 is 5.89. The molecular weight excluding hydrogens is 254 g/mol. The predicted molar refractivity (Wildman–Crippen MR) is 69.9 cm³/mol. The maximum Gasteiger partial charge on any atom is 0.308 e. The fraction of sp³-hybridized carbons (Fsp3) is 0.385. The summed E-state index contributed by atoms with van der Waals surface area (Å²) in [4.78, 5) is 24.2. The highest BCUT2D eigenvalue weighted by Gasteiger charge is 2.18. The number of nitrogens with zero attached hydrogens (tertiary/aromatic N) is 1. The molecule has 0 heterocycles. The number of carboxylic acids is 1. The smallest absolute Gasteiger partial charge is 0.308 e. The lowest BCUT2D eigenvalue weighted by atomic mass is 10.1. The van der Waals surface area contributed by atoms with Crippen molar-refractivity contribution < 1.29 is 14.7 Å². The Morgan fingerprint density at radius 3 is 2.56 bits per heavy atom. The molecule has 0 aliphatic rings. The molecule has 0 bridgehead atoms. The van der Waals surface area contributed by atoms with Crippen LogP contribution >= 0.6 is 11.6 Å². The van der Waals surface area contributed by atoms with Gasteiger partial charge in [-0.15, -0.1) is 0 Å². The van der Waals surface area contributed by atoms with Crippen molar-refractivity contribution in [1.82, 2.24) is 4.90 Å². The van der Waals surface area contributed by atoms with Crippen molar-refractivity contribution in [3.05, 3.63) is 34.3 Å². The topological polar surface area (TPSA) is 57.6 Å². The van der Waals surface area contributed by atoms with Gasteiger partial charge in [0.15, 0.2) is 0 Å². The van der Waals surface area contributed by atoms with E-state index >= 15 is 0 Å². The van der Waals surface area contributed by atoms with Crippen LogP contribution < -0.4 is 0 Å². The molecule has 18 heavy (non-hydrogen) atoms. The Morgan fingerprint density at radius 2 is 2.06 bits per heavy atom. The third kappa shape index (κ3) is 3.47. The fourth-order valence-electron chi connectivity index (χ4n) is 1.57. The van der Waals surface area contributed by atoms with Crippen LogP contribution in [-0.4, -0.2) is 35.5 Å². The number of aryl methyl sites for hydroxylation is 1. The fourth-order valence-corrected chi connectivity index (χ4v) is 1.69. The van der Waals surface area contributed by atoms with E-state index in [-0.39, 0.29) is 12.5 Å². The van der Waals surface area contributed by atoms with Gasteiger partial charge in [-0.3, -0.25) is 9.59 Å². The number of benzene rings is 1. The molecule has 0 saturated heterocycles. The van der Waals surface area contributed by atoms with Gasteiger partial charge < -0.3 is 10.0 Å². The van der Waals surface area contributed by atoms with Gasteiger partial charge in [0.2, 0.25) is 0 Å². The summed E-state index contributed by atoms with van der Waals surface area (Å²) in [6.45, 7) is 3.56. The number of hydrogen-bond acceptors (Lipinski definition) is 2. The summed E-state index contributed by atoms with van der Waals surface area (Å²) in [6, 6.07) is 5.00. The van der Waals surface area contributed by atoms with E-state index in [0.717, 1.165) is 5.56 Å². The van der Waals surface area contributed by atoms with Crippen LogP contribution in [0.15, 0.2) is 18.2 Å². The van der Waals surface area contributed by atoms with Crippen LogP contribution in [-0.2, 0) is 4.79 Å². The van der Waals surface area contributed by atoms with Crippen molar-refractivity contribution in [1.29, 1.82) is 0 Å². The van der Waals surface area contributed by atoms with Crippen LogP contribution in [0.4, 0.5) is 0 Å². The second-order valence-electron chi connectivity index (χ2n) is 4.39. The summed E-state index contributed by atoms with van der Waals surface area (Å²) in [5.41, 5.74) is 1.33. The van der Waals surface area contributed by atoms with Gasteiger partial charge in [-0.2, -0.15) is 0 Å². The van der Waals surface area contributed by atoms with Crippen LogP contribution in [0.1, 0.15) is 22.8 Å². The molecule has 1 aromatic carbocycles. The number of hydrogen-bond donors (Lipinski definition) is 1. The van der Waals surface area contributed by atoms with Crippen LogP contribution in [0.2, 0.25) is 5.02 Å². The lowest BCUT2D eigenvalue weighted by Crippen LogP contribution is -2.33. The molecule has 1 N–H and O–H groups in total. The Morgan fingerprint density at radius 1 is 1.44 bits per heavy atom. The standard InChI is InChI=1S/C13H16ClNO3/c1-8-6-10(4-5-11(8)14)12(16)15(3)7-9(2)13(17)18/h4-6,9H,7H2,1-3H3,(H,17,18). The van der Waals surface area contributed by atoms with Gasteiger partial charge in [-0.25, -0.2) is 0 Å². The minimum absolute atomic E-state index is 0.176. The molecule has 0 saturated carbocycles. The quantitative estimate of drug-likeness (QED) is 0.913. The Balaban J connectivity index is 2.80. The molecule has 1 amide bonds. The number of carbonyl (C=O) groups excluding carboxylic acids is 1. The number of halogens is 1. The predicted octanol–water partition coefficient (Wildman–Crippen LogP) is 2.44. The van der Waals surface area contributed by atoms with Gasteiger partial charge >= 0.3 is 5.97 Å². The third-order valence-electron chi connectivity index (χ3n) is 2.72. The maximum atomic E-state index is 12.1. The Hall–Kier alpha value is -1.55. The minimum Gasteiger partial charge on any atom is -0.481 e. The molecule has 0 aliphatic heterocycles. The molecule has 4 nitrogen and oxygen atoms in total. The van der Waals surface area contributed by atoms with Crippen molar-refractivity contribution in [2.24, 2.45) is 5.92 Å². The molecule has 1 aromatic rings. The highest BCUT2D eigenvalue weighted by molar-refractivity contribution is 6.31. The molecule has 98 valence electrons. The van der Waals surface area contributed by atoms with E-state index in [0.29, 0.717) is 10.6 Å². The number of carbonyl (C=O) groups is 2. The molecular formula is C13H16ClNO3. The zero-order valence-electron chi connectivity index (χ0n) is 10.6. The van der Waals surface area contributed by atoms with E-state index in [1.54, 1.807) is 32.2 Å². The second kappa shape index (κ2) is 5.87. The molecule has 0 aromatic heterocycles. The van der Waals surface area contributed by atoms with Gasteiger partial charge in [-0.05, 0) is 30.7 Å². The van der Waals surface area contributed by atoms with Gasteiger partial charge in [0.05, 0.1) is 5.92 Å². The van der Waals surface area contributed by atoms with Gasteiger partial charge in [0.25, 0.3) is 5.91 Å². The Kier molecular flexibility index (Phi) is 4.73. The number of amides is 1. The largest absolute Gasteiger partial charge is 0.481 e. The first kappa shape index (κ1) is 14.5. The van der Waals surface area contributed by atoms with Gasteiger partial charge in [0, 0.05) is 24.2 Å². The van der Waals surface area contributed by atoms with E-state index in [9.17, 15) is 9.59 Å². The van der Waals surface area contributed by atoms with E-state index in [1.165, 1.54) is 4.90 Å². The van der Waals surface area contributed by atoms with Crippen molar-refractivity contribution in [2.75, 3.05) is 13.6 Å². The first-order valence-electron chi connectivity index (χ1n) is 5.57. The SMILES string of the molecule is Cc1cc(C(=O)N(C)CC(C)C(=O)O)ccc1Cl. The molecule has 1 atom stereocenters. The molecule has 5 heteroatoms. The Bertz CT molecular complexity index is 473. The van der Waals surface area contributed by atoms with Crippen LogP contribution in [0.3, 0.4) is 0 Å². The monoisotopic (exact) mass is 269 g/mol. The average molecular weight is 270 g/mol. The minimum atomic E-state index is -0.915. The number of carboxylic acid groups (broad SMARTS) is 1. The summed E-state index contributed by atoms with van der Waals surface area (Å²) in [6.07, 6.45) is 0. The lowest BCUT2D eigenvalue weighted by Gasteiger charge is -2.19. The number of rotatable bonds is 4. The normalized spacial score (nSPS) is 12.0. The molecule has 0 radical (unpaired) electrons. The zero-order valence-corrected chi connectivity index (χ0v) is 11.4.